The largest absolute Gasteiger partial charge is 0.573 e. The van der Waals surface area contributed by atoms with Crippen molar-refractivity contribution in [3.8, 4) is 5.75 Å². The number of rotatable bonds is 4. The SMILES string of the molecule is CONCc1cccc(OC(F)(F)F)c1. The molecule has 0 saturated heterocycles. The summed E-state index contributed by atoms with van der Waals surface area (Å²) >= 11 is 0. The summed E-state index contributed by atoms with van der Waals surface area (Å²) in [5, 5.41) is 0. The van der Waals surface area contributed by atoms with E-state index in [9.17, 15) is 13.2 Å². The normalized spacial score (nSPS) is 11.5. The first-order chi connectivity index (χ1) is 7.01. The lowest BCUT2D eigenvalue weighted by Gasteiger charge is -2.09. The van der Waals surface area contributed by atoms with Gasteiger partial charge in [-0.15, -0.1) is 13.2 Å². The molecule has 0 aliphatic carbocycles. The summed E-state index contributed by atoms with van der Waals surface area (Å²) in [5.41, 5.74) is 3.16. The number of hydrogen-bond donors (Lipinski definition) is 1. The zero-order chi connectivity index (χ0) is 11.3. The molecule has 0 spiro atoms. The standard InChI is InChI=1S/C9H10F3NO2/c1-14-13-6-7-3-2-4-8(5-7)15-9(10,11)12/h2-5,13H,6H2,1H3. The van der Waals surface area contributed by atoms with Gasteiger partial charge in [0.05, 0.1) is 7.11 Å². The Kier molecular flexibility index (Phi) is 3.93. The second-order valence-corrected chi connectivity index (χ2v) is 2.72. The van der Waals surface area contributed by atoms with Crippen LogP contribution in [-0.4, -0.2) is 13.5 Å². The van der Waals surface area contributed by atoms with Crippen molar-refractivity contribution in [1.82, 2.24) is 5.48 Å². The van der Waals surface area contributed by atoms with Crippen LogP contribution in [0.4, 0.5) is 13.2 Å². The molecule has 0 unspecified atom stereocenters. The summed E-state index contributed by atoms with van der Waals surface area (Å²) in [7, 11) is 1.43. The molecule has 0 heterocycles. The third-order valence-electron chi connectivity index (χ3n) is 1.55. The average molecular weight is 221 g/mol. The molecule has 15 heavy (non-hydrogen) atoms. The minimum atomic E-state index is -4.66. The molecule has 0 saturated carbocycles. The number of hydroxylamine groups is 1. The van der Waals surface area contributed by atoms with Crippen molar-refractivity contribution in [3.63, 3.8) is 0 Å². The van der Waals surface area contributed by atoms with Gasteiger partial charge in [-0.3, -0.25) is 0 Å². The van der Waals surface area contributed by atoms with E-state index >= 15 is 0 Å². The lowest BCUT2D eigenvalue weighted by atomic mass is 10.2. The minimum absolute atomic E-state index is 0.238. The second-order valence-electron chi connectivity index (χ2n) is 2.72. The molecule has 0 atom stereocenters. The molecule has 6 heteroatoms. The Bertz CT molecular complexity index is 314. The van der Waals surface area contributed by atoms with Crippen LogP contribution in [0.5, 0.6) is 5.75 Å². The van der Waals surface area contributed by atoms with E-state index in [0.717, 1.165) is 0 Å². The molecule has 3 nitrogen and oxygen atoms in total. The van der Waals surface area contributed by atoms with Gasteiger partial charge < -0.3 is 9.57 Å². The van der Waals surface area contributed by atoms with Crippen LogP contribution >= 0.6 is 0 Å². The number of alkyl halides is 3. The van der Waals surface area contributed by atoms with E-state index < -0.39 is 6.36 Å². The van der Waals surface area contributed by atoms with Crippen molar-refractivity contribution in [2.75, 3.05) is 7.11 Å². The molecule has 84 valence electrons. The second kappa shape index (κ2) is 4.99. The van der Waals surface area contributed by atoms with Crippen LogP contribution in [-0.2, 0) is 11.4 Å². The first-order valence-electron chi connectivity index (χ1n) is 4.12. The Morgan fingerprint density at radius 3 is 2.67 bits per heavy atom. The molecule has 1 aromatic rings. The molecule has 0 radical (unpaired) electrons. The number of benzene rings is 1. The number of nitrogens with one attached hydrogen (secondary N) is 1. The zero-order valence-electron chi connectivity index (χ0n) is 7.97. The van der Waals surface area contributed by atoms with Crippen LogP contribution in [0, 0.1) is 0 Å². The lowest BCUT2D eigenvalue weighted by Crippen LogP contribution is -2.17. The Balaban J connectivity index is 2.66. The van der Waals surface area contributed by atoms with Crippen molar-refractivity contribution < 1.29 is 22.7 Å². The van der Waals surface area contributed by atoms with E-state index in [-0.39, 0.29) is 5.75 Å². The molecule has 0 aromatic heterocycles. The average Bonchev–Trinajstić information content (AvgIpc) is 2.12. The fourth-order valence-electron chi connectivity index (χ4n) is 1.01. The molecule has 0 bridgehead atoms. The fraction of sp³-hybridized carbons (Fsp3) is 0.333. The first kappa shape index (κ1) is 11.8. The van der Waals surface area contributed by atoms with Gasteiger partial charge in [0.2, 0.25) is 0 Å². The third-order valence-corrected chi connectivity index (χ3v) is 1.55. The maximum atomic E-state index is 11.9. The van der Waals surface area contributed by atoms with Crippen molar-refractivity contribution >= 4 is 0 Å². The number of halogens is 3. The zero-order valence-corrected chi connectivity index (χ0v) is 7.97. The molecule has 0 aliphatic rings. The molecule has 1 N–H and O–H groups in total. The lowest BCUT2D eigenvalue weighted by molar-refractivity contribution is -0.274. The van der Waals surface area contributed by atoms with E-state index in [2.05, 4.69) is 15.1 Å². The number of ether oxygens (including phenoxy) is 1. The molecule has 1 rings (SSSR count). The Labute approximate surface area is 84.8 Å². The third kappa shape index (κ3) is 4.66. The summed E-state index contributed by atoms with van der Waals surface area (Å²) < 4.78 is 39.3. The van der Waals surface area contributed by atoms with E-state index in [1.54, 1.807) is 6.07 Å². The van der Waals surface area contributed by atoms with Crippen LogP contribution in [0.3, 0.4) is 0 Å². The topological polar surface area (TPSA) is 30.5 Å². The Hall–Kier alpha value is -1.27. The number of hydrogen-bond acceptors (Lipinski definition) is 3. The Morgan fingerprint density at radius 2 is 2.07 bits per heavy atom. The highest BCUT2D eigenvalue weighted by atomic mass is 19.4. The molecular formula is C9H10F3NO2. The van der Waals surface area contributed by atoms with E-state index in [1.807, 2.05) is 0 Å². The van der Waals surface area contributed by atoms with Gasteiger partial charge in [-0.25, -0.2) is 0 Å². The first-order valence-corrected chi connectivity index (χ1v) is 4.12. The van der Waals surface area contributed by atoms with Crippen LogP contribution in [0.15, 0.2) is 24.3 Å². The molecule has 0 fully saturated rings. The highest BCUT2D eigenvalue weighted by molar-refractivity contribution is 5.28. The summed E-state index contributed by atoms with van der Waals surface area (Å²) in [5.74, 6) is -0.238. The van der Waals surface area contributed by atoms with Crippen LogP contribution in [0.2, 0.25) is 0 Å². The van der Waals surface area contributed by atoms with Crippen molar-refractivity contribution in [2.45, 2.75) is 12.9 Å². The van der Waals surface area contributed by atoms with Gasteiger partial charge in [-0.2, -0.15) is 5.48 Å². The fourth-order valence-corrected chi connectivity index (χ4v) is 1.01. The highest BCUT2D eigenvalue weighted by Gasteiger charge is 2.30. The summed E-state index contributed by atoms with van der Waals surface area (Å²) in [4.78, 5) is 4.57. The molecule has 0 amide bonds. The van der Waals surface area contributed by atoms with Crippen LogP contribution < -0.4 is 10.2 Å². The highest BCUT2D eigenvalue weighted by Crippen LogP contribution is 2.23. The smallest absolute Gasteiger partial charge is 0.406 e. The van der Waals surface area contributed by atoms with Crippen molar-refractivity contribution in [2.24, 2.45) is 0 Å². The predicted octanol–water partition coefficient (Wildman–Crippen LogP) is 2.24. The van der Waals surface area contributed by atoms with Crippen molar-refractivity contribution in [1.29, 1.82) is 0 Å². The van der Waals surface area contributed by atoms with Crippen molar-refractivity contribution in [3.05, 3.63) is 29.8 Å². The van der Waals surface area contributed by atoms with Crippen LogP contribution in [0.1, 0.15) is 5.56 Å². The monoisotopic (exact) mass is 221 g/mol. The maximum absolute atomic E-state index is 11.9. The Morgan fingerprint density at radius 1 is 1.33 bits per heavy atom. The van der Waals surface area contributed by atoms with Gasteiger partial charge in [0, 0.05) is 6.54 Å². The summed E-state index contributed by atoms with van der Waals surface area (Å²) in [6.07, 6.45) is -4.66. The minimum Gasteiger partial charge on any atom is -0.406 e. The van der Waals surface area contributed by atoms with E-state index in [0.29, 0.717) is 12.1 Å². The van der Waals surface area contributed by atoms with Gasteiger partial charge in [-0.1, -0.05) is 12.1 Å². The van der Waals surface area contributed by atoms with Gasteiger partial charge in [0.15, 0.2) is 0 Å². The molecular weight excluding hydrogens is 211 g/mol. The van der Waals surface area contributed by atoms with Crippen LogP contribution in [0.25, 0.3) is 0 Å². The summed E-state index contributed by atoms with van der Waals surface area (Å²) in [6, 6.07) is 5.67. The van der Waals surface area contributed by atoms with E-state index in [1.165, 1.54) is 25.3 Å². The summed E-state index contributed by atoms with van der Waals surface area (Å²) in [6.45, 7) is 0.311. The van der Waals surface area contributed by atoms with Gasteiger partial charge in [-0.05, 0) is 17.7 Å². The predicted molar refractivity (Wildman–Crippen MR) is 47.0 cm³/mol. The molecule has 1 aromatic carbocycles. The van der Waals surface area contributed by atoms with Gasteiger partial charge >= 0.3 is 6.36 Å². The van der Waals surface area contributed by atoms with Gasteiger partial charge in [0.25, 0.3) is 0 Å². The quantitative estimate of drug-likeness (QED) is 0.791. The van der Waals surface area contributed by atoms with E-state index in [4.69, 9.17) is 0 Å². The maximum Gasteiger partial charge on any atom is 0.573 e. The van der Waals surface area contributed by atoms with Gasteiger partial charge in [0.1, 0.15) is 5.75 Å². The molecule has 0 aliphatic heterocycles.